The average molecular weight is 202 g/mol. The molecule has 1 rings (SSSR count). The van der Waals surface area contributed by atoms with Gasteiger partial charge in [-0.1, -0.05) is 13.8 Å². The fourth-order valence-electron chi connectivity index (χ4n) is 1.51. The van der Waals surface area contributed by atoms with Gasteiger partial charge in [0.15, 0.2) is 17.3 Å². The first-order valence-electron chi connectivity index (χ1n) is 4.45. The third-order valence-electron chi connectivity index (χ3n) is 2.25. The van der Waals surface area contributed by atoms with Crippen LogP contribution in [0, 0.1) is 11.6 Å². The molecule has 0 saturated heterocycles. The number of hydrogen-bond acceptors (Lipinski definition) is 2. The Morgan fingerprint density at radius 1 is 0.857 bits per heavy atom. The van der Waals surface area contributed by atoms with Gasteiger partial charge < -0.3 is 10.2 Å². The zero-order valence-electron chi connectivity index (χ0n) is 8.06. The second-order valence-electron chi connectivity index (χ2n) is 2.99. The molecule has 0 aliphatic rings. The molecule has 1 aromatic rings. The van der Waals surface area contributed by atoms with Crippen molar-refractivity contribution in [3.05, 3.63) is 22.8 Å². The van der Waals surface area contributed by atoms with Crippen molar-refractivity contribution in [1.29, 1.82) is 0 Å². The third-order valence-corrected chi connectivity index (χ3v) is 2.25. The number of hydrogen-bond donors (Lipinski definition) is 2. The molecule has 0 spiro atoms. The quantitative estimate of drug-likeness (QED) is 0.723. The Labute approximate surface area is 80.8 Å². The first-order chi connectivity index (χ1) is 6.54. The van der Waals surface area contributed by atoms with Crippen LogP contribution in [0.2, 0.25) is 0 Å². The lowest BCUT2D eigenvalue weighted by Gasteiger charge is -2.11. The molecule has 0 fully saturated rings. The Balaban J connectivity index is 3.57. The van der Waals surface area contributed by atoms with Crippen LogP contribution in [-0.4, -0.2) is 10.2 Å². The van der Waals surface area contributed by atoms with Crippen LogP contribution >= 0.6 is 0 Å². The Kier molecular flexibility index (Phi) is 2.93. The third kappa shape index (κ3) is 1.41. The average Bonchev–Trinajstić information content (AvgIpc) is 2.20. The van der Waals surface area contributed by atoms with Crippen molar-refractivity contribution >= 4 is 0 Å². The second-order valence-corrected chi connectivity index (χ2v) is 2.99. The molecule has 14 heavy (non-hydrogen) atoms. The monoisotopic (exact) mass is 202 g/mol. The molecule has 0 bridgehead atoms. The van der Waals surface area contributed by atoms with Crippen LogP contribution in [0.15, 0.2) is 0 Å². The van der Waals surface area contributed by atoms with Crippen LogP contribution in [0.1, 0.15) is 25.0 Å². The molecular weight excluding hydrogens is 190 g/mol. The van der Waals surface area contributed by atoms with E-state index in [1.165, 1.54) is 0 Å². The van der Waals surface area contributed by atoms with Crippen molar-refractivity contribution < 1.29 is 19.0 Å². The molecule has 2 N–H and O–H groups in total. The van der Waals surface area contributed by atoms with E-state index >= 15 is 0 Å². The van der Waals surface area contributed by atoms with E-state index in [1.807, 2.05) is 0 Å². The molecule has 0 radical (unpaired) electrons. The van der Waals surface area contributed by atoms with Gasteiger partial charge in [-0.3, -0.25) is 0 Å². The molecule has 0 aliphatic heterocycles. The van der Waals surface area contributed by atoms with Gasteiger partial charge in [0.25, 0.3) is 0 Å². The summed E-state index contributed by atoms with van der Waals surface area (Å²) in [6, 6.07) is 0. The summed E-state index contributed by atoms with van der Waals surface area (Å²) in [7, 11) is 0. The first-order valence-corrected chi connectivity index (χ1v) is 4.45. The largest absolute Gasteiger partial charge is 0.504 e. The molecule has 0 saturated carbocycles. The van der Waals surface area contributed by atoms with Gasteiger partial charge in [0.1, 0.15) is 0 Å². The summed E-state index contributed by atoms with van der Waals surface area (Å²) < 4.78 is 26.2. The maximum Gasteiger partial charge on any atom is 0.204 e. The van der Waals surface area contributed by atoms with Crippen molar-refractivity contribution in [3.8, 4) is 11.5 Å². The van der Waals surface area contributed by atoms with E-state index in [0.717, 1.165) is 0 Å². The molecule has 1 aromatic carbocycles. The van der Waals surface area contributed by atoms with Gasteiger partial charge in [0.05, 0.1) is 0 Å². The van der Waals surface area contributed by atoms with E-state index in [4.69, 9.17) is 5.11 Å². The summed E-state index contributed by atoms with van der Waals surface area (Å²) in [4.78, 5) is 0. The molecule has 0 aromatic heterocycles. The second kappa shape index (κ2) is 3.82. The van der Waals surface area contributed by atoms with Crippen molar-refractivity contribution in [2.75, 3.05) is 0 Å². The lowest BCUT2D eigenvalue weighted by atomic mass is 10.00. The minimum Gasteiger partial charge on any atom is -0.504 e. The molecule has 78 valence electrons. The highest BCUT2D eigenvalue weighted by Gasteiger charge is 2.21. The fourth-order valence-corrected chi connectivity index (χ4v) is 1.51. The Bertz CT molecular complexity index is 327. The summed E-state index contributed by atoms with van der Waals surface area (Å²) in [5, 5.41) is 18.4. The van der Waals surface area contributed by atoms with E-state index < -0.39 is 23.1 Å². The van der Waals surface area contributed by atoms with Gasteiger partial charge >= 0.3 is 0 Å². The summed E-state index contributed by atoms with van der Waals surface area (Å²) in [5.74, 6) is -4.00. The first kappa shape index (κ1) is 10.8. The van der Waals surface area contributed by atoms with Crippen molar-refractivity contribution in [3.63, 3.8) is 0 Å². The molecular formula is C10H12F2O2. The van der Waals surface area contributed by atoms with E-state index in [0.29, 0.717) is 6.42 Å². The van der Waals surface area contributed by atoms with Crippen LogP contribution in [0.3, 0.4) is 0 Å². The van der Waals surface area contributed by atoms with Gasteiger partial charge in [0, 0.05) is 5.56 Å². The molecule has 0 atom stereocenters. The topological polar surface area (TPSA) is 40.5 Å². The predicted octanol–water partition coefficient (Wildman–Crippen LogP) is 2.50. The summed E-state index contributed by atoms with van der Waals surface area (Å²) >= 11 is 0. The normalized spacial score (nSPS) is 10.6. The van der Waals surface area contributed by atoms with Crippen molar-refractivity contribution in [2.24, 2.45) is 0 Å². The predicted molar refractivity (Wildman–Crippen MR) is 48.4 cm³/mol. The smallest absolute Gasteiger partial charge is 0.204 e. The van der Waals surface area contributed by atoms with Crippen molar-refractivity contribution in [2.45, 2.75) is 26.7 Å². The fraction of sp³-hybridized carbons (Fsp3) is 0.400. The zero-order valence-corrected chi connectivity index (χ0v) is 8.06. The van der Waals surface area contributed by atoms with Crippen LogP contribution in [-0.2, 0) is 12.8 Å². The van der Waals surface area contributed by atoms with E-state index in [1.54, 1.807) is 13.8 Å². The van der Waals surface area contributed by atoms with Gasteiger partial charge in [-0.15, -0.1) is 0 Å². The molecule has 2 nitrogen and oxygen atoms in total. The van der Waals surface area contributed by atoms with Gasteiger partial charge in [-0.2, -0.15) is 4.39 Å². The van der Waals surface area contributed by atoms with Gasteiger partial charge in [0.2, 0.25) is 5.82 Å². The van der Waals surface area contributed by atoms with Crippen LogP contribution in [0.25, 0.3) is 0 Å². The summed E-state index contributed by atoms with van der Waals surface area (Å²) in [5.41, 5.74) is 0.393. The van der Waals surface area contributed by atoms with Gasteiger partial charge in [-0.05, 0) is 18.4 Å². The standard InChI is InChI=1S/C10H12F2O2/c1-3-5-6(4-2)9(13)10(14)8(12)7(5)11/h13-14H,3-4H2,1-2H3. The molecule has 0 aliphatic carbocycles. The summed E-state index contributed by atoms with van der Waals surface area (Å²) in [6.07, 6.45) is 0.625. The Morgan fingerprint density at radius 3 is 1.79 bits per heavy atom. The number of halogens is 2. The molecule has 0 unspecified atom stereocenters. The van der Waals surface area contributed by atoms with Crippen molar-refractivity contribution in [1.82, 2.24) is 0 Å². The summed E-state index contributed by atoms with van der Waals surface area (Å²) in [6.45, 7) is 3.36. The lowest BCUT2D eigenvalue weighted by molar-refractivity contribution is 0.358. The van der Waals surface area contributed by atoms with Crippen LogP contribution in [0.4, 0.5) is 8.78 Å². The molecule has 4 heteroatoms. The number of phenolic OH excluding ortho intramolecular Hbond substituents is 2. The highest BCUT2D eigenvalue weighted by Crippen LogP contribution is 2.37. The van der Waals surface area contributed by atoms with E-state index in [-0.39, 0.29) is 17.5 Å². The van der Waals surface area contributed by atoms with E-state index in [2.05, 4.69) is 0 Å². The Morgan fingerprint density at radius 2 is 1.36 bits per heavy atom. The highest BCUT2D eigenvalue weighted by atomic mass is 19.2. The van der Waals surface area contributed by atoms with Gasteiger partial charge in [-0.25, -0.2) is 4.39 Å². The number of aromatic hydroxyl groups is 2. The SMILES string of the molecule is CCc1c(O)c(O)c(F)c(F)c1CC. The van der Waals surface area contributed by atoms with E-state index in [9.17, 15) is 13.9 Å². The number of rotatable bonds is 2. The molecule has 0 heterocycles. The number of benzene rings is 1. The zero-order chi connectivity index (χ0) is 10.9. The highest BCUT2D eigenvalue weighted by molar-refractivity contribution is 5.50. The lowest BCUT2D eigenvalue weighted by Crippen LogP contribution is -2.00. The van der Waals surface area contributed by atoms with Crippen LogP contribution in [0.5, 0.6) is 11.5 Å². The number of phenols is 2. The minimum atomic E-state index is -1.38. The maximum atomic E-state index is 13.2. The Hall–Kier alpha value is -1.32. The minimum absolute atomic E-state index is 0.125. The maximum absolute atomic E-state index is 13.2. The molecule has 0 amide bonds. The van der Waals surface area contributed by atoms with Crippen LogP contribution < -0.4 is 0 Å².